The second-order valence-corrected chi connectivity index (χ2v) is 5.38. The minimum absolute atomic E-state index is 0.0341. The summed E-state index contributed by atoms with van der Waals surface area (Å²) in [4.78, 5) is 35.6. The van der Waals surface area contributed by atoms with Crippen LogP contribution in [0.25, 0.3) is 0 Å². The van der Waals surface area contributed by atoms with Gasteiger partial charge in [-0.2, -0.15) is 0 Å². The molecule has 0 radical (unpaired) electrons. The molecule has 0 fully saturated rings. The molecule has 0 saturated carbocycles. The molecular formula is C16H18O6. The molecule has 6 heteroatoms. The third-order valence-electron chi connectivity index (χ3n) is 4.18. The van der Waals surface area contributed by atoms with E-state index in [4.69, 9.17) is 0 Å². The normalized spacial score (nSPS) is 20.2. The highest BCUT2D eigenvalue weighted by Gasteiger charge is 2.36. The van der Waals surface area contributed by atoms with Gasteiger partial charge >= 0.3 is 11.9 Å². The summed E-state index contributed by atoms with van der Waals surface area (Å²) in [6, 6.07) is 3.05. The summed E-state index contributed by atoms with van der Waals surface area (Å²) in [5, 5.41) is 10.2. The van der Waals surface area contributed by atoms with E-state index >= 15 is 0 Å². The molecule has 6 nitrogen and oxygen atoms in total. The first-order chi connectivity index (χ1) is 10.4. The van der Waals surface area contributed by atoms with Gasteiger partial charge in [0.15, 0.2) is 5.78 Å². The highest BCUT2D eigenvalue weighted by Crippen LogP contribution is 2.38. The number of methoxy groups -OCH3 is 2. The molecular weight excluding hydrogens is 288 g/mol. The number of aromatic hydroxyl groups is 1. The summed E-state index contributed by atoms with van der Waals surface area (Å²) in [7, 11) is 2.51. The molecule has 1 aliphatic carbocycles. The number of ether oxygens (including phenoxy) is 2. The Morgan fingerprint density at radius 3 is 2.55 bits per heavy atom. The number of carbonyl (C=O) groups is 3. The number of phenols is 1. The molecule has 0 aliphatic heterocycles. The fourth-order valence-corrected chi connectivity index (χ4v) is 2.80. The van der Waals surface area contributed by atoms with Crippen LogP contribution in [0.15, 0.2) is 12.1 Å². The Kier molecular flexibility index (Phi) is 4.49. The predicted octanol–water partition coefficient (Wildman–Crippen LogP) is 1.73. The molecule has 0 spiro atoms. The van der Waals surface area contributed by atoms with E-state index in [1.165, 1.54) is 20.3 Å². The van der Waals surface area contributed by atoms with Crippen molar-refractivity contribution in [1.82, 2.24) is 0 Å². The first-order valence-corrected chi connectivity index (χ1v) is 6.94. The van der Waals surface area contributed by atoms with Gasteiger partial charge in [-0.15, -0.1) is 0 Å². The zero-order valence-corrected chi connectivity index (χ0v) is 12.7. The number of hydrogen-bond donors (Lipinski definition) is 1. The number of ketones is 1. The van der Waals surface area contributed by atoms with Crippen molar-refractivity contribution in [1.29, 1.82) is 0 Å². The third-order valence-corrected chi connectivity index (χ3v) is 4.18. The Bertz CT molecular complexity index is 634. The van der Waals surface area contributed by atoms with Crippen molar-refractivity contribution in [2.24, 2.45) is 11.8 Å². The van der Waals surface area contributed by atoms with Gasteiger partial charge in [0, 0.05) is 12.3 Å². The number of Topliss-reactive ketones (excluding diaryl/α,β-unsaturated/α-hetero) is 1. The van der Waals surface area contributed by atoms with E-state index < -0.39 is 11.9 Å². The molecule has 2 atom stereocenters. The van der Waals surface area contributed by atoms with Crippen molar-refractivity contribution in [2.75, 3.05) is 14.2 Å². The third kappa shape index (κ3) is 2.68. The van der Waals surface area contributed by atoms with Crippen LogP contribution >= 0.6 is 0 Å². The van der Waals surface area contributed by atoms with Crippen LogP contribution in [-0.4, -0.2) is 37.0 Å². The van der Waals surface area contributed by atoms with Crippen molar-refractivity contribution >= 4 is 17.7 Å². The molecule has 0 bridgehead atoms. The minimum Gasteiger partial charge on any atom is -0.506 e. The summed E-state index contributed by atoms with van der Waals surface area (Å²) in [6.07, 6.45) is 0.606. The average Bonchev–Trinajstić information content (AvgIpc) is 2.51. The van der Waals surface area contributed by atoms with E-state index in [0.717, 1.165) is 0 Å². The Morgan fingerprint density at radius 1 is 1.27 bits per heavy atom. The Morgan fingerprint density at radius 2 is 1.95 bits per heavy atom. The highest BCUT2D eigenvalue weighted by molar-refractivity contribution is 6.06. The smallest absolute Gasteiger partial charge is 0.341 e. The van der Waals surface area contributed by atoms with Gasteiger partial charge in [0.25, 0.3) is 0 Å². The van der Waals surface area contributed by atoms with Crippen LogP contribution in [0.5, 0.6) is 5.75 Å². The van der Waals surface area contributed by atoms with Gasteiger partial charge < -0.3 is 14.6 Å². The van der Waals surface area contributed by atoms with Crippen molar-refractivity contribution < 1.29 is 29.0 Å². The lowest BCUT2D eigenvalue weighted by atomic mass is 9.73. The SMILES string of the molecule is COC(=O)CC1Cc2ccc(C(=O)OC)c(O)c2C(=O)C1C. The summed E-state index contributed by atoms with van der Waals surface area (Å²) in [5.41, 5.74) is 0.742. The molecule has 1 aromatic carbocycles. The fourth-order valence-electron chi connectivity index (χ4n) is 2.80. The van der Waals surface area contributed by atoms with Crippen molar-refractivity contribution in [3.8, 4) is 5.75 Å². The van der Waals surface area contributed by atoms with Crippen LogP contribution in [0, 0.1) is 11.8 Å². The molecule has 1 N–H and O–H groups in total. The lowest BCUT2D eigenvalue weighted by Crippen LogP contribution is -2.31. The van der Waals surface area contributed by atoms with Crippen molar-refractivity contribution in [2.45, 2.75) is 19.8 Å². The molecule has 1 aromatic rings. The number of fused-ring (bicyclic) bond motifs is 1. The van der Waals surface area contributed by atoms with Crippen LogP contribution in [0.2, 0.25) is 0 Å². The van der Waals surface area contributed by atoms with E-state index in [9.17, 15) is 19.5 Å². The summed E-state index contributed by atoms with van der Waals surface area (Å²) in [5.74, 6) is -2.32. The van der Waals surface area contributed by atoms with Gasteiger partial charge in [-0.1, -0.05) is 13.0 Å². The number of hydrogen-bond acceptors (Lipinski definition) is 6. The van der Waals surface area contributed by atoms with E-state index in [1.54, 1.807) is 13.0 Å². The summed E-state index contributed by atoms with van der Waals surface area (Å²) in [6.45, 7) is 1.71. The predicted molar refractivity (Wildman–Crippen MR) is 76.8 cm³/mol. The van der Waals surface area contributed by atoms with Crippen LogP contribution in [-0.2, 0) is 20.7 Å². The van der Waals surface area contributed by atoms with Gasteiger partial charge in [0.2, 0.25) is 0 Å². The zero-order valence-electron chi connectivity index (χ0n) is 12.7. The maximum atomic E-state index is 12.5. The molecule has 2 unspecified atom stereocenters. The van der Waals surface area contributed by atoms with Crippen LogP contribution < -0.4 is 0 Å². The Labute approximate surface area is 128 Å². The Hall–Kier alpha value is -2.37. The molecule has 0 heterocycles. The Balaban J connectivity index is 2.41. The van der Waals surface area contributed by atoms with Crippen LogP contribution in [0.4, 0.5) is 0 Å². The maximum Gasteiger partial charge on any atom is 0.341 e. The number of rotatable bonds is 3. The first-order valence-electron chi connectivity index (χ1n) is 6.94. The molecule has 118 valence electrons. The molecule has 0 aromatic heterocycles. The molecule has 0 amide bonds. The van der Waals surface area contributed by atoms with Gasteiger partial charge in [-0.05, 0) is 24.0 Å². The number of esters is 2. The topological polar surface area (TPSA) is 89.9 Å². The average molecular weight is 306 g/mol. The van der Waals surface area contributed by atoms with Crippen molar-refractivity contribution in [3.63, 3.8) is 0 Å². The monoisotopic (exact) mass is 306 g/mol. The first kappa shape index (κ1) is 16.0. The second kappa shape index (κ2) is 6.17. The van der Waals surface area contributed by atoms with Gasteiger partial charge in [-0.3, -0.25) is 9.59 Å². The second-order valence-electron chi connectivity index (χ2n) is 5.38. The van der Waals surface area contributed by atoms with E-state index in [-0.39, 0.29) is 41.0 Å². The van der Waals surface area contributed by atoms with Crippen molar-refractivity contribution in [3.05, 3.63) is 28.8 Å². The number of carbonyl (C=O) groups excluding carboxylic acids is 3. The van der Waals surface area contributed by atoms with Gasteiger partial charge in [0.05, 0.1) is 19.8 Å². The standard InChI is InChI=1S/C16H18O6/c1-8-10(7-12(17)21-2)6-9-4-5-11(16(20)22-3)15(19)13(9)14(8)18/h4-5,8,10,19H,6-7H2,1-3H3. The molecule has 0 saturated heterocycles. The highest BCUT2D eigenvalue weighted by atomic mass is 16.5. The minimum atomic E-state index is -0.697. The number of benzene rings is 1. The quantitative estimate of drug-likeness (QED) is 0.855. The summed E-state index contributed by atoms with van der Waals surface area (Å²) >= 11 is 0. The fraction of sp³-hybridized carbons (Fsp3) is 0.438. The van der Waals surface area contributed by atoms with E-state index in [2.05, 4.69) is 9.47 Å². The van der Waals surface area contributed by atoms with E-state index in [1.807, 2.05) is 0 Å². The van der Waals surface area contributed by atoms with Gasteiger partial charge in [-0.25, -0.2) is 4.79 Å². The van der Waals surface area contributed by atoms with E-state index in [0.29, 0.717) is 12.0 Å². The lowest BCUT2D eigenvalue weighted by molar-refractivity contribution is -0.142. The lowest BCUT2D eigenvalue weighted by Gasteiger charge is -2.29. The number of phenolic OH excluding ortho intramolecular Hbond substituents is 1. The molecule has 22 heavy (non-hydrogen) atoms. The molecule has 1 aliphatic rings. The van der Waals surface area contributed by atoms with Gasteiger partial charge in [0.1, 0.15) is 11.3 Å². The summed E-state index contributed by atoms with van der Waals surface area (Å²) < 4.78 is 9.24. The molecule has 2 rings (SSSR count). The zero-order chi connectivity index (χ0) is 16.4. The maximum absolute atomic E-state index is 12.5. The van der Waals surface area contributed by atoms with Crippen LogP contribution in [0.3, 0.4) is 0 Å². The largest absolute Gasteiger partial charge is 0.506 e. The van der Waals surface area contributed by atoms with Crippen LogP contribution in [0.1, 0.15) is 39.6 Å².